The molecule has 2 saturated heterocycles. The van der Waals surface area contributed by atoms with Gasteiger partial charge in [0.25, 0.3) is 0 Å². The molecule has 0 saturated carbocycles. The van der Waals surface area contributed by atoms with E-state index in [1.807, 2.05) is 6.20 Å². The van der Waals surface area contributed by atoms with Crippen molar-refractivity contribution in [1.29, 1.82) is 0 Å². The second-order valence-electron chi connectivity index (χ2n) is 9.47. The lowest BCUT2D eigenvalue weighted by Crippen LogP contribution is -2.42. The summed E-state index contributed by atoms with van der Waals surface area (Å²) in [6.07, 6.45) is 6.20. The van der Waals surface area contributed by atoms with Crippen molar-refractivity contribution in [3.8, 4) is 11.1 Å². The van der Waals surface area contributed by atoms with Gasteiger partial charge in [-0.1, -0.05) is 25.1 Å². The molecule has 7 heteroatoms. The second-order valence-corrected chi connectivity index (χ2v) is 9.47. The summed E-state index contributed by atoms with van der Waals surface area (Å²) in [6.45, 7) is 7.03. The van der Waals surface area contributed by atoms with Gasteiger partial charge in [0.05, 0.1) is 17.2 Å². The van der Waals surface area contributed by atoms with E-state index in [0.717, 1.165) is 68.2 Å². The summed E-state index contributed by atoms with van der Waals surface area (Å²) in [7, 11) is 0. The van der Waals surface area contributed by atoms with Crippen LogP contribution in [-0.4, -0.2) is 58.5 Å². The Bertz CT molecular complexity index is 1270. The van der Waals surface area contributed by atoms with Crippen LogP contribution < -0.4 is 10.2 Å². The van der Waals surface area contributed by atoms with Crippen molar-refractivity contribution in [3.05, 3.63) is 54.5 Å². The number of benzene rings is 2. The topological polar surface area (TPSA) is 67.6 Å². The largest absolute Gasteiger partial charge is 0.381 e. The predicted octanol–water partition coefficient (Wildman–Crippen LogP) is 4.42. The molecule has 34 heavy (non-hydrogen) atoms. The summed E-state index contributed by atoms with van der Waals surface area (Å²) in [5.41, 5.74) is 6.55. The number of piperidine rings is 1. The van der Waals surface area contributed by atoms with Gasteiger partial charge in [0.1, 0.15) is 5.82 Å². The number of hydrogen-bond donors (Lipinski definition) is 1. The highest BCUT2D eigenvalue weighted by Gasteiger charge is 2.23. The fourth-order valence-corrected chi connectivity index (χ4v) is 5.47. The summed E-state index contributed by atoms with van der Waals surface area (Å²) in [6, 6.07) is 16.2. The molecule has 0 radical (unpaired) electrons. The Morgan fingerprint density at radius 1 is 0.941 bits per heavy atom. The molecule has 2 aliphatic heterocycles. The average molecular weight is 457 g/mol. The van der Waals surface area contributed by atoms with Gasteiger partial charge in [-0.3, -0.25) is 9.38 Å². The average Bonchev–Trinajstić information content (AvgIpc) is 3.35. The van der Waals surface area contributed by atoms with Crippen molar-refractivity contribution < 1.29 is 4.74 Å². The lowest BCUT2D eigenvalue weighted by Gasteiger charge is -2.34. The Hall–Kier alpha value is -3.03. The molecular weight excluding hydrogens is 424 g/mol. The van der Waals surface area contributed by atoms with Crippen molar-refractivity contribution in [2.75, 3.05) is 37.7 Å². The molecule has 0 bridgehead atoms. The van der Waals surface area contributed by atoms with Crippen LogP contribution in [0, 0.1) is 0 Å². The first-order chi connectivity index (χ1) is 16.8. The maximum atomic E-state index is 5.57. The normalized spacial score (nSPS) is 18.2. The first-order valence-electron chi connectivity index (χ1n) is 12.6. The van der Waals surface area contributed by atoms with E-state index in [1.165, 1.54) is 29.7 Å². The van der Waals surface area contributed by atoms with E-state index in [0.29, 0.717) is 12.0 Å². The van der Waals surface area contributed by atoms with E-state index in [2.05, 4.69) is 79.2 Å². The number of fused-ring (bicyclic) bond motifs is 3. The predicted molar refractivity (Wildman–Crippen MR) is 135 cm³/mol. The SMILES string of the molecule is CCNC1CCN(c2ccc(-c3ccc4ncc5nnc(C6CCOCC6)n5c4c3)cc2)CC1. The third-order valence-corrected chi connectivity index (χ3v) is 7.39. The van der Waals surface area contributed by atoms with E-state index in [1.54, 1.807) is 0 Å². The maximum Gasteiger partial charge on any atom is 0.179 e. The highest BCUT2D eigenvalue weighted by molar-refractivity contribution is 5.84. The van der Waals surface area contributed by atoms with Gasteiger partial charge >= 0.3 is 0 Å². The maximum absolute atomic E-state index is 5.57. The molecule has 176 valence electrons. The van der Waals surface area contributed by atoms with Gasteiger partial charge in [-0.15, -0.1) is 10.2 Å². The lowest BCUT2D eigenvalue weighted by molar-refractivity contribution is 0.0834. The molecule has 2 aromatic heterocycles. The number of anilines is 1. The van der Waals surface area contributed by atoms with Crippen LogP contribution >= 0.6 is 0 Å². The van der Waals surface area contributed by atoms with E-state index < -0.39 is 0 Å². The van der Waals surface area contributed by atoms with Crippen molar-refractivity contribution in [1.82, 2.24) is 24.9 Å². The zero-order chi connectivity index (χ0) is 22.9. The Labute approximate surface area is 200 Å². The number of nitrogens with one attached hydrogen (secondary N) is 1. The number of hydrogen-bond acceptors (Lipinski definition) is 6. The van der Waals surface area contributed by atoms with Gasteiger partial charge in [-0.05, 0) is 67.6 Å². The summed E-state index contributed by atoms with van der Waals surface area (Å²) < 4.78 is 7.77. The van der Waals surface area contributed by atoms with E-state index in [4.69, 9.17) is 4.74 Å². The highest BCUT2D eigenvalue weighted by atomic mass is 16.5. The highest BCUT2D eigenvalue weighted by Crippen LogP contribution is 2.31. The van der Waals surface area contributed by atoms with Gasteiger partial charge in [-0.25, -0.2) is 0 Å². The van der Waals surface area contributed by atoms with Gasteiger partial charge in [0.2, 0.25) is 0 Å². The Morgan fingerprint density at radius 3 is 2.47 bits per heavy atom. The number of ether oxygens (including phenoxy) is 1. The molecule has 2 aromatic carbocycles. The minimum absolute atomic E-state index is 0.369. The van der Waals surface area contributed by atoms with Gasteiger partial charge in [0.15, 0.2) is 5.65 Å². The smallest absolute Gasteiger partial charge is 0.179 e. The third-order valence-electron chi connectivity index (χ3n) is 7.39. The van der Waals surface area contributed by atoms with Crippen molar-refractivity contribution in [2.24, 2.45) is 0 Å². The molecule has 6 rings (SSSR count). The zero-order valence-electron chi connectivity index (χ0n) is 19.8. The van der Waals surface area contributed by atoms with E-state index >= 15 is 0 Å². The van der Waals surface area contributed by atoms with E-state index in [9.17, 15) is 0 Å². The quantitative estimate of drug-likeness (QED) is 0.480. The summed E-state index contributed by atoms with van der Waals surface area (Å²) in [5.74, 6) is 1.40. The summed E-state index contributed by atoms with van der Waals surface area (Å²) in [4.78, 5) is 7.14. The van der Waals surface area contributed by atoms with Crippen LogP contribution in [0.4, 0.5) is 5.69 Å². The molecule has 0 amide bonds. The van der Waals surface area contributed by atoms with Crippen molar-refractivity contribution in [3.63, 3.8) is 0 Å². The van der Waals surface area contributed by atoms with Gasteiger partial charge in [-0.2, -0.15) is 0 Å². The first-order valence-corrected chi connectivity index (χ1v) is 12.6. The molecule has 0 spiro atoms. The molecule has 4 aromatic rings. The molecule has 1 N–H and O–H groups in total. The van der Waals surface area contributed by atoms with Crippen LogP contribution in [0.2, 0.25) is 0 Å². The van der Waals surface area contributed by atoms with E-state index in [-0.39, 0.29) is 0 Å². The fraction of sp³-hybridized carbons (Fsp3) is 0.444. The van der Waals surface area contributed by atoms with Crippen LogP contribution in [0.3, 0.4) is 0 Å². The zero-order valence-corrected chi connectivity index (χ0v) is 19.8. The lowest BCUT2D eigenvalue weighted by atomic mass is 9.99. The standard InChI is InChI=1S/C27H32N6O/c1-2-28-22-9-13-32(14-10-22)23-6-3-19(4-7-23)21-5-8-24-25(17-21)33-26(18-29-24)30-31-27(33)20-11-15-34-16-12-20/h3-8,17-18,20,22,28H,2,9-16H2,1H3. The third kappa shape index (κ3) is 4.03. The first kappa shape index (κ1) is 21.5. The van der Waals surface area contributed by atoms with Crippen molar-refractivity contribution >= 4 is 22.4 Å². The molecule has 7 nitrogen and oxygen atoms in total. The molecule has 2 aliphatic rings. The molecular formula is C27H32N6O. The number of nitrogens with zero attached hydrogens (tertiary/aromatic N) is 5. The van der Waals surface area contributed by atoms with Crippen LogP contribution in [0.15, 0.2) is 48.7 Å². The fourth-order valence-electron chi connectivity index (χ4n) is 5.47. The van der Waals surface area contributed by atoms with Crippen LogP contribution in [0.25, 0.3) is 27.8 Å². The number of aromatic nitrogens is 4. The van der Waals surface area contributed by atoms with Crippen LogP contribution in [0.1, 0.15) is 44.3 Å². The Morgan fingerprint density at radius 2 is 1.71 bits per heavy atom. The Kier molecular flexibility index (Phi) is 5.89. The summed E-state index contributed by atoms with van der Waals surface area (Å²) in [5, 5.41) is 12.6. The Balaban J connectivity index is 1.30. The van der Waals surface area contributed by atoms with Crippen LogP contribution in [-0.2, 0) is 4.74 Å². The van der Waals surface area contributed by atoms with Gasteiger partial charge < -0.3 is 15.0 Å². The van der Waals surface area contributed by atoms with Gasteiger partial charge in [0, 0.05) is 44.0 Å². The number of rotatable bonds is 5. The molecule has 0 unspecified atom stereocenters. The monoisotopic (exact) mass is 456 g/mol. The molecule has 0 aliphatic carbocycles. The summed E-state index contributed by atoms with van der Waals surface area (Å²) >= 11 is 0. The van der Waals surface area contributed by atoms with Crippen LogP contribution in [0.5, 0.6) is 0 Å². The molecule has 4 heterocycles. The minimum Gasteiger partial charge on any atom is -0.381 e. The molecule has 0 atom stereocenters. The second kappa shape index (κ2) is 9.31. The minimum atomic E-state index is 0.369. The molecule has 2 fully saturated rings. The van der Waals surface area contributed by atoms with Crippen molar-refractivity contribution in [2.45, 2.75) is 44.6 Å².